The minimum absolute atomic E-state index is 0. The molecule has 0 aromatic heterocycles. The number of allylic oxidation sites excluding steroid dienone is 12. The second-order valence-electron chi connectivity index (χ2n) is 11.7. The Bertz CT molecular complexity index is 1960. The van der Waals surface area contributed by atoms with E-state index in [9.17, 15) is 0 Å². The van der Waals surface area contributed by atoms with E-state index in [-0.39, 0.29) is 52.4 Å². The maximum absolute atomic E-state index is 6.14. The van der Waals surface area contributed by atoms with Gasteiger partial charge in [-0.05, 0) is 53.6 Å². The van der Waals surface area contributed by atoms with Gasteiger partial charge in [0.2, 0.25) is 0 Å². The molecule has 3 aromatic carbocycles. The molecule has 0 bridgehead atoms. The van der Waals surface area contributed by atoms with Crippen LogP contribution in [-0.4, -0.2) is 28.7 Å². The van der Waals surface area contributed by atoms with Crippen molar-refractivity contribution in [1.29, 1.82) is 0 Å². The van der Waals surface area contributed by atoms with E-state index in [1.54, 1.807) is 0 Å². The van der Waals surface area contributed by atoms with Gasteiger partial charge in [0.15, 0.2) is 0 Å². The molecule has 3 aromatic rings. The summed E-state index contributed by atoms with van der Waals surface area (Å²) in [7, 11) is -1.98. The fourth-order valence-electron chi connectivity index (χ4n) is 6.47. The van der Waals surface area contributed by atoms with Gasteiger partial charge in [0.25, 0.3) is 0 Å². The summed E-state index contributed by atoms with van der Waals surface area (Å²) in [6, 6.07) is 29.1. The predicted molar refractivity (Wildman–Crippen MR) is 203 cm³/mol. The Morgan fingerprint density at radius 2 is 1.23 bits per heavy atom. The van der Waals surface area contributed by atoms with Crippen LogP contribution in [0.15, 0.2) is 160 Å². The van der Waals surface area contributed by atoms with Gasteiger partial charge in [0.05, 0.1) is 17.8 Å². The summed E-state index contributed by atoms with van der Waals surface area (Å²) in [6.45, 7) is -1.92. The zero-order chi connectivity index (χ0) is 31.2. The van der Waals surface area contributed by atoms with Gasteiger partial charge in [-0.2, -0.15) is 0 Å². The smallest absolute Gasteiger partial charge is 0.122 e. The molecule has 4 nitrogen and oxygen atoms in total. The molecule has 2 heterocycles. The van der Waals surface area contributed by atoms with Crippen molar-refractivity contribution < 1.29 is 52.4 Å². The first-order chi connectivity index (χ1) is 22.6. The van der Waals surface area contributed by atoms with Crippen molar-refractivity contribution in [2.24, 2.45) is 27.2 Å². The molecule has 4 atom stereocenters. The summed E-state index contributed by atoms with van der Waals surface area (Å²) in [5.41, 5.74) is 4.01. The molecule has 2 aliphatic carbocycles. The van der Waals surface area contributed by atoms with Crippen LogP contribution in [0.25, 0.3) is 5.20 Å². The normalized spacial score (nSPS) is 25.5. The second kappa shape index (κ2) is 17.0. The quantitative estimate of drug-likeness (QED) is 0.0403. The summed E-state index contributed by atoms with van der Waals surface area (Å²) < 4.78 is 0. The molecule has 9 heteroatoms. The largest absolute Gasteiger partial charge is 0.759 e. The Morgan fingerprint density at radius 1 is 0.667 bits per heavy atom. The van der Waals surface area contributed by atoms with Crippen LogP contribution < -0.4 is 10.6 Å². The van der Waals surface area contributed by atoms with Crippen LogP contribution in [0.4, 0.5) is 11.4 Å². The molecule has 0 amide bonds. The van der Waals surface area contributed by atoms with Crippen LogP contribution in [0.1, 0.15) is 12.8 Å². The third kappa shape index (κ3) is 8.13. The van der Waals surface area contributed by atoms with E-state index >= 15 is 0 Å². The van der Waals surface area contributed by atoms with E-state index in [1.165, 1.54) is 21.8 Å². The molecule has 4 unspecified atom stereocenters. The van der Waals surface area contributed by atoms with Gasteiger partial charge in [-0.1, -0.05) is 103 Å². The van der Waals surface area contributed by atoms with Crippen molar-refractivity contribution in [3.8, 4) is 0 Å². The van der Waals surface area contributed by atoms with Crippen LogP contribution in [-0.2, 0) is 65.0 Å². The number of aliphatic imine (C=N–C) groups is 1. The van der Waals surface area contributed by atoms with Crippen molar-refractivity contribution in [3.63, 3.8) is 0 Å². The maximum atomic E-state index is 6.14. The van der Waals surface area contributed by atoms with Crippen molar-refractivity contribution in [1.82, 2.24) is 0 Å². The van der Waals surface area contributed by atoms with Gasteiger partial charge in [-0.3, -0.25) is 10.2 Å². The fraction of sp³-hybridized carbons (Fsp3) is 0.154. The molecule has 0 fully saturated rings. The van der Waals surface area contributed by atoms with Gasteiger partial charge in [-0.25, -0.2) is 0 Å². The van der Waals surface area contributed by atoms with Crippen molar-refractivity contribution >= 4 is 64.9 Å². The summed E-state index contributed by atoms with van der Waals surface area (Å²) in [5, 5.41) is 16.4. The van der Waals surface area contributed by atoms with Crippen LogP contribution in [0.2, 0.25) is 0 Å². The summed E-state index contributed by atoms with van der Waals surface area (Å²) in [6.07, 6.45) is 27.4. The van der Waals surface area contributed by atoms with Crippen LogP contribution in [0.3, 0.4) is 0 Å². The number of benzene rings is 3. The molecular formula is C39H34N4P2SZr2. The van der Waals surface area contributed by atoms with E-state index in [4.69, 9.17) is 22.8 Å². The predicted octanol–water partition coefficient (Wildman–Crippen LogP) is 9.54. The standard InChI is InChI=1S/C39H34N4P2S.2Zr/c46-39(44(37-17-9-3-10-18-37)27-25-33(29-44)31-13-5-1-6-14-31)40-35-21-23-36(24-22-35)41-42-43-45(38-19-11-4-12-20-38)28-26-34(30-45)32-15-7-2-8-16-32;;/h1-13,15,17-24,29-30,33-34H,25-28H2;;. The Kier molecular flexibility index (Phi) is 13.0. The average molecular weight is 835 g/mol. The molecule has 48 heavy (non-hydrogen) atoms. The molecule has 7 rings (SSSR count). The minimum Gasteiger partial charge on any atom is -0.759 e. The van der Waals surface area contributed by atoms with Gasteiger partial charge >= 0.3 is 0 Å². The van der Waals surface area contributed by atoms with Crippen molar-refractivity contribution in [2.45, 2.75) is 12.8 Å². The first kappa shape index (κ1) is 36.8. The van der Waals surface area contributed by atoms with Crippen molar-refractivity contribution in [2.75, 3.05) is 12.3 Å². The fourth-order valence-corrected chi connectivity index (χ4v) is 14.4. The van der Waals surface area contributed by atoms with Gasteiger partial charge in [0, 0.05) is 101 Å². The zero-order valence-electron chi connectivity index (χ0n) is 26.4. The molecule has 0 saturated carbocycles. The molecule has 4 aliphatic rings. The van der Waals surface area contributed by atoms with Gasteiger partial charge < -0.3 is 22.9 Å². The van der Waals surface area contributed by atoms with E-state index in [0.29, 0.717) is 11.8 Å². The van der Waals surface area contributed by atoms with Gasteiger partial charge in [-0.15, -0.1) is 0 Å². The third-order valence-corrected chi connectivity index (χ3v) is 17.2. The molecule has 0 radical (unpaired) electrons. The van der Waals surface area contributed by atoms with Crippen LogP contribution >= 0.6 is 13.9 Å². The third-order valence-electron chi connectivity index (χ3n) is 8.90. The topological polar surface area (TPSA) is 51.2 Å². The Balaban J connectivity index is 0.00000225. The average Bonchev–Trinajstić information content (AvgIpc) is 3.78. The summed E-state index contributed by atoms with van der Waals surface area (Å²) >= 11 is 6.14. The first-order valence-electron chi connectivity index (χ1n) is 15.7. The van der Waals surface area contributed by atoms with E-state index in [2.05, 4.69) is 113 Å². The molecular weight excluding hydrogens is 801 g/mol. The van der Waals surface area contributed by atoms with E-state index in [1.807, 2.05) is 54.6 Å². The molecule has 0 spiro atoms. The molecule has 0 saturated heterocycles. The van der Waals surface area contributed by atoms with Crippen molar-refractivity contribution in [3.05, 3.63) is 162 Å². The summed E-state index contributed by atoms with van der Waals surface area (Å²) in [5.74, 6) is 5.56. The van der Waals surface area contributed by atoms with Gasteiger partial charge in [0.1, 0.15) is 23.3 Å². The summed E-state index contributed by atoms with van der Waals surface area (Å²) in [4.78, 5) is 5.82. The Hall–Kier alpha value is -2.42. The number of hydrogen-bond acceptors (Lipinski definition) is 4. The monoisotopic (exact) mass is 832 g/mol. The molecule has 234 valence electrons. The molecule has 2 aliphatic heterocycles. The zero-order valence-corrected chi connectivity index (χ0v) is 34.0. The minimum atomic E-state index is -1.98. The second-order valence-corrected chi connectivity index (χ2v) is 18.9. The van der Waals surface area contributed by atoms with Crippen LogP contribution in [0, 0.1) is 24.0 Å². The van der Waals surface area contributed by atoms with E-state index in [0.717, 1.165) is 41.3 Å². The first-order valence-corrected chi connectivity index (χ1v) is 20.1. The number of hydrogen-bond donors (Lipinski definition) is 0. The van der Waals surface area contributed by atoms with Crippen LogP contribution in [0.5, 0.6) is 0 Å². The number of nitrogens with zero attached hydrogens (tertiary/aromatic N) is 4. The SMILES string of the molecule is [S-]C(=Nc1ccc(N=N[N-]P2(c3ccccc3)=CC(C3=CC=CC=[C+]3)CC2)cc1)P1(c2ccccc2)=CC(C2=CC=CC=[C+]2)CC1.[Zr].[Zr]. The molecule has 0 N–H and O–H groups in total. The Morgan fingerprint density at radius 3 is 1.83 bits per heavy atom. The number of rotatable bonds is 9. The maximum Gasteiger partial charge on any atom is 0.122 e. The van der Waals surface area contributed by atoms with E-state index < -0.39 is 13.9 Å². The Labute approximate surface area is 328 Å².